The summed E-state index contributed by atoms with van der Waals surface area (Å²) in [6.07, 6.45) is 2.71. The van der Waals surface area contributed by atoms with Gasteiger partial charge in [-0.3, -0.25) is 4.79 Å². The van der Waals surface area contributed by atoms with Crippen molar-refractivity contribution < 1.29 is 13.2 Å². The molecule has 0 saturated carbocycles. The number of nitrogens with zero attached hydrogens (tertiary/aromatic N) is 3. The number of carbonyl (C=O) groups excluding carboxylic acids is 1. The molecule has 1 aromatic heterocycles. The van der Waals surface area contributed by atoms with Gasteiger partial charge in [0, 0.05) is 25.3 Å². The second kappa shape index (κ2) is 8.12. The molecule has 1 aromatic rings. The van der Waals surface area contributed by atoms with Crippen LogP contribution in [0.25, 0.3) is 0 Å². The molecule has 1 aliphatic rings. The number of sulfone groups is 1. The maximum Gasteiger partial charge on any atom is 0.235 e. The van der Waals surface area contributed by atoms with Crippen LogP contribution < -0.4 is 0 Å². The molecular formula is C17H29N3O3S2. The fourth-order valence-corrected chi connectivity index (χ4v) is 5.95. The molecule has 1 saturated heterocycles. The molecule has 1 amide bonds. The number of unbranched alkanes of at least 4 members (excludes halogenated alkanes) is 1. The highest BCUT2D eigenvalue weighted by Crippen LogP contribution is 2.28. The Bertz CT molecular complexity index is 728. The van der Waals surface area contributed by atoms with E-state index >= 15 is 0 Å². The summed E-state index contributed by atoms with van der Waals surface area (Å²) in [4.78, 5) is 19.0. The Morgan fingerprint density at radius 2 is 2.12 bits per heavy atom. The third-order valence-electron chi connectivity index (χ3n) is 4.89. The molecule has 2 rings (SSSR count). The van der Waals surface area contributed by atoms with E-state index in [-0.39, 0.29) is 28.7 Å². The van der Waals surface area contributed by atoms with Gasteiger partial charge in [0.15, 0.2) is 15.0 Å². The molecule has 25 heavy (non-hydrogen) atoms. The summed E-state index contributed by atoms with van der Waals surface area (Å²) < 4.78 is 25.5. The van der Waals surface area contributed by atoms with Crippen molar-refractivity contribution in [3.8, 4) is 0 Å². The summed E-state index contributed by atoms with van der Waals surface area (Å²) in [5.41, 5.74) is 2.14. The van der Waals surface area contributed by atoms with Gasteiger partial charge in [0.05, 0.1) is 22.4 Å². The molecule has 0 spiro atoms. The van der Waals surface area contributed by atoms with Crippen LogP contribution >= 0.6 is 11.8 Å². The zero-order valence-corrected chi connectivity index (χ0v) is 17.4. The maximum absolute atomic E-state index is 12.7. The van der Waals surface area contributed by atoms with E-state index in [4.69, 9.17) is 0 Å². The summed E-state index contributed by atoms with van der Waals surface area (Å²) in [5, 5.41) is 0.576. The molecule has 0 unspecified atom stereocenters. The highest BCUT2D eigenvalue weighted by atomic mass is 32.2. The molecule has 0 radical (unpaired) electrons. The van der Waals surface area contributed by atoms with E-state index < -0.39 is 9.84 Å². The van der Waals surface area contributed by atoms with Crippen LogP contribution in [-0.4, -0.2) is 58.6 Å². The van der Waals surface area contributed by atoms with Crippen molar-refractivity contribution in [1.82, 2.24) is 14.5 Å². The fourth-order valence-electron chi connectivity index (χ4n) is 3.05. The molecule has 6 nitrogen and oxygen atoms in total. The summed E-state index contributed by atoms with van der Waals surface area (Å²) in [6.45, 7) is 8.98. The molecule has 0 N–H and O–H groups in total. The standard InChI is InChI=1S/C17H29N3O3S2/c1-6-7-9-20-13(3)12(2)18-17(20)24-14(4)16(21)19(5)15-8-10-25(22,23)11-15/h14-15H,6-11H2,1-5H3/t14-,15+/m0/s1. The van der Waals surface area contributed by atoms with Crippen LogP contribution in [0.3, 0.4) is 0 Å². The first-order valence-electron chi connectivity index (χ1n) is 8.83. The van der Waals surface area contributed by atoms with E-state index in [0.29, 0.717) is 6.42 Å². The number of aromatic nitrogens is 2. The maximum atomic E-state index is 12.7. The average Bonchev–Trinajstić information content (AvgIpc) is 3.04. The van der Waals surface area contributed by atoms with E-state index in [1.165, 1.54) is 11.8 Å². The van der Waals surface area contributed by atoms with Crippen molar-refractivity contribution in [2.24, 2.45) is 0 Å². The Morgan fingerprint density at radius 3 is 2.68 bits per heavy atom. The largest absolute Gasteiger partial charge is 0.341 e. The number of amides is 1. The van der Waals surface area contributed by atoms with Crippen molar-refractivity contribution >= 4 is 27.5 Å². The Labute approximate surface area is 155 Å². The van der Waals surface area contributed by atoms with E-state index in [1.54, 1.807) is 11.9 Å². The number of carbonyl (C=O) groups is 1. The van der Waals surface area contributed by atoms with Gasteiger partial charge in [-0.25, -0.2) is 13.4 Å². The second-order valence-corrected chi connectivity index (χ2v) is 10.4. The van der Waals surface area contributed by atoms with Crippen LogP contribution in [-0.2, 0) is 21.2 Å². The monoisotopic (exact) mass is 387 g/mol. The predicted octanol–water partition coefficient (Wildman–Crippen LogP) is 2.43. The number of thioether (sulfide) groups is 1. The highest BCUT2D eigenvalue weighted by Gasteiger charge is 2.34. The Balaban J connectivity index is 2.07. The molecule has 142 valence electrons. The van der Waals surface area contributed by atoms with Crippen LogP contribution in [0.15, 0.2) is 5.16 Å². The molecule has 8 heteroatoms. The lowest BCUT2D eigenvalue weighted by Gasteiger charge is -2.26. The lowest BCUT2D eigenvalue weighted by atomic mass is 10.2. The van der Waals surface area contributed by atoms with Gasteiger partial charge in [-0.2, -0.15) is 0 Å². The third-order valence-corrected chi connectivity index (χ3v) is 7.72. The van der Waals surface area contributed by atoms with Crippen molar-refractivity contribution in [2.75, 3.05) is 18.6 Å². The van der Waals surface area contributed by atoms with Crippen LogP contribution in [0.5, 0.6) is 0 Å². The zero-order chi connectivity index (χ0) is 18.8. The normalized spacial score (nSPS) is 20.6. The van der Waals surface area contributed by atoms with Gasteiger partial charge in [-0.05, 0) is 33.6 Å². The molecule has 2 heterocycles. The van der Waals surface area contributed by atoms with Crippen molar-refractivity contribution in [2.45, 2.75) is 70.0 Å². The SMILES string of the molecule is CCCCn1c(S[C@@H](C)C(=O)N(C)[C@@H]2CCS(=O)(=O)C2)nc(C)c1C. The summed E-state index contributed by atoms with van der Waals surface area (Å²) in [6, 6.07) is -0.205. The molecule has 1 aliphatic heterocycles. The quantitative estimate of drug-likeness (QED) is 0.672. The minimum Gasteiger partial charge on any atom is -0.341 e. The number of aryl methyl sites for hydroxylation is 1. The van der Waals surface area contributed by atoms with Crippen LogP contribution in [0.1, 0.15) is 44.5 Å². The minimum absolute atomic E-state index is 0.0348. The first-order valence-corrected chi connectivity index (χ1v) is 11.5. The summed E-state index contributed by atoms with van der Waals surface area (Å²) in [5.74, 6) is 0.222. The number of imidazole rings is 1. The number of hydrogen-bond acceptors (Lipinski definition) is 5. The molecule has 1 fully saturated rings. The minimum atomic E-state index is -3.00. The van der Waals surface area contributed by atoms with Gasteiger partial charge in [0.25, 0.3) is 0 Å². The number of rotatable bonds is 7. The summed E-state index contributed by atoms with van der Waals surface area (Å²) >= 11 is 1.46. The van der Waals surface area contributed by atoms with Crippen molar-refractivity contribution in [3.05, 3.63) is 11.4 Å². The van der Waals surface area contributed by atoms with Gasteiger partial charge in [0.1, 0.15) is 0 Å². The highest BCUT2D eigenvalue weighted by molar-refractivity contribution is 8.00. The summed E-state index contributed by atoms with van der Waals surface area (Å²) in [7, 11) is -1.28. The lowest BCUT2D eigenvalue weighted by Crippen LogP contribution is -2.41. The molecule has 2 atom stereocenters. The zero-order valence-electron chi connectivity index (χ0n) is 15.8. The third kappa shape index (κ3) is 4.78. The van der Waals surface area contributed by atoms with Crippen molar-refractivity contribution in [3.63, 3.8) is 0 Å². The first kappa shape index (κ1) is 20.3. The van der Waals surface area contributed by atoms with Crippen LogP contribution in [0.4, 0.5) is 0 Å². The topological polar surface area (TPSA) is 72.3 Å². The van der Waals surface area contributed by atoms with Gasteiger partial charge < -0.3 is 9.47 Å². The average molecular weight is 388 g/mol. The molecule has 0 aliphatic carbocycles. The fraction of sp³-hybridized carbons (Fsp3) is 0.765. The molecule has 0 bridgehead atoms. The second-order valence-electron chi connectivity index (χ2n) is 6.84. The Kier molecular flexibility index (Phi) is 6.59. The van der Waals surface area contributed by atoms with Gasteiger partial charge in [-0.15, -0.1) is 0 Å². The molecular weight excluding hydrogens is 358 g/mol. The van der Waals surface area contributed by atoms with Crippen molar-refractivity contribution in [1.29, 1.82) is 0 Å². The smallest absolute Gasteiger partial charge is 0.235 e. The van der Waals surface area contributed by atoms with E-state index in [0.717, 1.165) is 35.9 Å². The van der Waals surface area contributed by atoms with Gasteiger partial charge >= 0.3 is 0 Å². The van der Waals surface area contributed by atoms with E-state index in [1.807, 2.05) is 13.8 Å². The van der Waals surface area contributed by atoms with E-state index in [9.17, 15) is 13.2 Å². The Morgan fingerprint density at radius 1 is 1.44 bits per heavy atom. The first-order chi connectivity index (χ1) is 11.7. The van der Waals surface area contributed by atoms with Crippen LogP contribution in [0.2, 0.25) is 0 Å². The molecule has 0 aromatic carbocycles. The lowest BCUT2D eigenvalue weighted by molar-refractivity contribution is -0.130. The van der Waals surface area contributed by atoms with Crippen LogP contribution in [0, 0.1) is 13.8 Å². The number of hydrogen-bond donors (Lipinski definition) is 0. The van der Waals surface area contributed by atoms with Gasteiger partial charge in [-0.1, -0.05) is 25.1 Å². The van der Waals surface area contributed by atoms with Gasteiger partial charge in [0.2, 0.25) is 5.91 Å². The Hall–Kier alpha value is -1.02. The van der Waals surface area contributed by atoms with E-state index in [2.05, 4.69) is 23.4 Å². The predicted molar refractivity (Wildman–Crippen MR) is 102 cm³/mol.